The highest BCUT2D eigenvalue weighted by Gasteiger charge is 2.22. The zero-order valence-corrected chi connectivity index (χ0v) is 12.8. The number of carbonyl (C=O) groups is 1. The van der Waals surface area contributed by atoms with E-state index in [9.17, 15) is 18.0 Å². The van der Waals surface area contributed by atoms with E-state index in [0.29, 0.717) is 12.3 Å². The number of oxime groups is 1. The van der Waals surface area contributed by atoms with Crippen LogP contribution in [-0.4, -0.2) is 18.8 Å². The first-order chi connectivity index (χ1) is 11.5. The van der Waals surface area contributed by atoms with Crippen molar-refractivity contribution in [1.82, 2.24) is 0 Å². The monoisotopic (exact) mass is 337 g/mol. The summed E-state index contributed by atoms with van der Waals surface area (Å²) >= 11 is 0. The van der Waals surface area contributed by atoms with E-state index in [2.05, 4.69) is 9.89 Å². The van der Waals surface area contributed by atoms with Crippen LogP contribution in [0.2, 0.25) is 0 Å². The van der Waals surface area contributed by atoms with Gasteiger partial charge >= 0.3 is 5.97 Å². The van der Waals surface area contributed by atoms with Crippen LogP contribution in [0, 0.1) is 17.5 Å². The third kappa shape index (κ3) is 4.13. The van der Waals surface area contributed by atoms with Crippen LogP contribution in [0.3, 0.4) is 0 Å². The van der Waals surface area contributed by atoms with E-state index in [-0.39, 0.29) is 13.2 Å². The normalized spacial score (nSPS) is 10.8. The first kappa shape index (κ1) is 17.5. The minimum absolute atomic E-state index is 0.0269. The number of nitrogens with zero attached hydrogens (tertiary/aromatic N) is 1. The van der Waals surface area contributed by atoms with E-state index in [1.54, 1.807) is 24.3 Å². The molecule has 0 N–H and O–H groups in total. The fourth-order valence-electron chi connectivity index (χ4n) is 1.87. The lowest BCUT2D eigenvalue weighted by atomic mass is 10.1. The minimum atomic E-state index is -1.47. The van der Waals surface area contributed by atoms with Gasteiger partial charge in [0.1, 0.15) is 12.4 Å². The number of hydrogen-bond acceptors (Lipinski definition) is 4. The van der Waals surface area contributed by atoms with Crippen molar-refractivity contribution in [2.75, 3.05) is 6.61 Å². The topological polar surface area (TPSA) is 47.9 Å². The largest absolute Gasteiger partial charge is 0.462 e. The molecule has 4 nitrogen and oxygen atoms in total. The van der Waals surface area contributed by atoms with E-state index in [1.165, 1.54) is 6.92 Å². The van der Waals surface area contributed by atoms with Gasteiger partial charge in [0, 0.05) is 0 Å². The molecule has 24 heavy (non-hydrogen) atoms. The van der Waals surface area contributed by atoms with Gasteiger partial charge in [-0.3, -0.25) is 0 Å². The maximum atomic E-state index is 14.2. The van der Waals surface area contributed by atoms with Crippen LogP contribution in [0.4, 0.5) is 13.2 Å². The lowest BCUT2D eigenvalue weighted by Gasteiger charge is -2.07. The lowest BCUT2D eigenvalue weighted by molar-refractivity contribution is 0.0520. The molecule has 2 aromatic carbocycles. The summed E-state index contributed by atoms with van der Waals surface area (Å²) in [6.45, 7) is 1.55. The van der Waals surface area contributed by atoms with Crippen LogP contribution in [0.25, 0.3) is 0 Å². The van der Waals surface area contributed by atoms with Crippen molar-refractivity contribution in [3.05, 3.63) is 70.5 Å². The zero-order valence-electron chi connectivity index (χ0n) is 12.8. The molecule has 0 amide bonds. The van der Waals surface area contributed by atoms with E-state index < -0.39 is 34.5 Å². The molecule has 0 fully saturated rings. The Morgan fingerprint density at radius 3 is 2.54 bits per heavy atom. The third-order valence-electron chi connectivity index (χ3n) is 3.02. The summed E-state index contributed by atoms with van der Waals surface area (Å²) in [4.78, 5) is 16.5. The van der Waals surface area contributed by atoms with E-state index in [1.807, 2.05) is 6.07 Å². The molecule has 7 heteroatoms. The van der Waals surface area contributed by atoms with Gasteiger partial charge in [0.15, 0.2) is 11.6 Å². The standard InChI is InChI=1S/C17H14F3NO3/c1-2-23-17(22)12-8-14(18)16(20)13(15(12)19)9-21-24-10-11-6-4-3-5-7-11/h3-9H,2,10H2,1H3/b21-9+. The van der Waals surface area contributed by atoms with E-state index in [4.69, 9.17) is 4.84 Å². The summed E-state index contributed by atoms with van der Waals surface area (Å²) < 4.78 is 46.1. The molecule has 2 rings (SSSR count). The molecule has 2 aromatic rings. The Bertz CT molecular complexity index is 748. The molecule has 0 heterocycles. The molecular formula is C17H14F3NO3. The molecule has 0 saturated carbocycles. The Hall–Kier alpha value is -2.83. The third-order valence-corrected chi connectivity index (χ3v) is 3.02. The molecule has 0 saturated heterocycles. The summed E-state index contributed by atoms with van der Waals surface area (Å²) in [5.41, 5.74) is -0.728. The van der Waals surface area contributed by atoms with Crippen molar-refractivity contribution in [2.24, 2.45) is 5.16 Å². The first-order valence-corrected chi connectivity index (χ1v) is 7.08. The number of esters is 1. The highest BCUT2D eigenvalue weighted by atomic mass is 19.2. The van der Waals surface area contributed by atoms with Crippen molar-refractivity contribution in [3.63, 3.8) is 0 Å². The van der Waals surface area contributed by atoms with Gasteiger partial charge in [-0.25, -0.2) is 18.0 Å². The maximum absolute atomic E-state index is 14.2. The SMILES string of the molecule is CCOC(=O)c1cc(F)c(F)c(/C=N/OCc2ccccc2)c1F. The molecule has 0 aromatic heterocycles. The molecule has 0 radical (unpaired) electrons. The number of carbonyl (C=O) groups excluding carboxylic acids is 1. The van der Waals surface area contributed by atoms with Crippen LogP contribution in [0.15, 0.2) is 41.6 Å². The average molecular weight is 337 g/mol. The summed E-state index contributed by atoms with van der Waals surface area (Å²) in [5.74, 6) is -5.20. The van der Waals surface area contributed by atoms with Crippen LogP contribution >= 0.6 is 0 Å². The second kappa shape index (κ2) is 8.14. The van der Waals surface area contributed by atoms with Crippen molar-refractivity contribution < 1.29 is 27.5 Å². The Balaban J connectivity index is 2.19. The molecular weight excluding hydrogens is 323 g/mol. The molecule has 126 valence electrons. The Labute approximate surface area is 136 Å². The molecule has 0 aliphatic carbocycles. The molecule has 0 spiro atoms. The van der Waals surface area contributed by atoms with Crippen LogP contribution in [-0.2, 0) is 16.2 Å². The zero-order chi connectivity index (χ0) is 17.5. The maximum Gasteiger partial charge on any atom is 0.341 e. The van der Waals surface area contributed by atoms with Crippen LogP contribution in [0.5, 0.6) is 0 Å². The van der Waals surface area contributed by atoms with Gasteiger partial charge < -0.3 is 9.57 Å². The molecule has 0 atom stereocenters. The first-order valence-electron chi connectivity index (χ1n) is 7.08. The Morgan fingerprint density at radius 1 is 1.17 bits per heavy atom. The number of rotatable bonds is 6. The summed E-state index contributed by atoms with van der Waals surface area (Å²) in [6.07, 6.45) is 0.680. The van der Waals surface area contributed by atoms with Crippen molar-refractivity contribution in [3.8, 4) is 0 Å². The highest BCUT2D eigenvalue weighted by molar-refractivity contribution is 5.93. The predicted octanol–water partition coefficient (Wildman–Crippen LogP) is 3.83. The fourth-order valence-corrected chi connectivity index (χ4v) is 1.87. The molecule has 0 unspecified atom stereocenters. The molecule has 0 aliphatic heterocycles. The van der Waals surface area contributed by atoms with Gasteiger partial charge in [0.2, 0.25) is 0 Å². The van der Waals surface area contributed by atoms with Crippen molar-refractivity contribution >= 4 is 12.2 Å². The van der Waals surface area contributed by atoms with Gasteiger partial charge in [-0.15, -0.1) is 0 Å². The van der Waals surface area contributed by atoms with Gasteiger partial charge in [0.25, 0.3) is 0 Å². The van der Waals surface area contributed by atoms with Gasteiger partial charge in [-0.1, -0.05) is 35.5 Å². The van der Waals surface area contributed by atoms with Crippen molar-refractivity contribution in [1.29, 1.82) is 0 Å². The average Bonchev–Trinajstić information content (AvgIpc) is 2.58. The lowest BCUT2D eigenvalue weighted by Crippen LogP contribution is -2.12. The van der Waals surface area contributed by atoms with E-state index in [0.717, 1.165) is 5.56 Å². The number of ether oxygens (including phenoxy) is 1. The summed E-state index contributed by atoms with van der Waals surface area (Å²) in [5, 5.41) is 3.42. The summed E-state index contributed by atoms with van der Waals surface area (Å²) in [6, 6.07) is 9.40. The smallest absolute Gasteiger partial charge is 0.341 e. The number of halogens is 3. The van der Waals surface area contributed by atoms with Crippen molar-refractivity contribution in [2.45, 2.75) is 13.5 Å². The minimum Gasteiger partial charge on any atom is -0.462 e. The molecule has 0 bridgehead atoms. The van der Waals surface area contributed by atoms with Crippen LogP contribution in [0.1, 0.15) is 28.4 Å². The second-order valence-corrected chi connectivity index (χ2v) is 4.66. The number of benzene rings is 2. The predicted molar refractivity (Wildman–Crippen MR) is 81.1 cm³/mol. The fraction of sp³-hybridized carbons (Fsp3) is 0.176. The van der Waals surface area contributed by atoms with Gasteiger partial charge in [0.05, 0.1) is 23.9 Å². The Morgan fingerprint density at radius 2 is 1.88 bits per heavy atom. The second-order valence-electron chi connectivity index (χ2n) is 4.66. The van der Waals surface area contributed by atoms with E-state index >= 15 is 0 Å². The highest BCUT2D eigenvalue weighted by Crippen LogP contribution is 2.20. The quantitative estimate of drug-likeness (QED) is 0.348. The number of hydrogen-bond donors (Lipinski definition) is 0. The summed E-state index contributed by atoms with van der Waals surface area (Å²) in [7, 11) is 0. The van der Waals surface area contributed by atoms with Gasteiger partial charge in [-0.05, 0) is 18.6 Å². The van der Waals surface area contributed by atoms with Crippen LogP contribution < -0.4 is 0 Å². The Kier molecular flexibility index (Phi) is 5.95. The van der Waals surface area contributed by atoms with Gasteiger partial charge in [-0.2, -0.15) is 0 Å². The molecule has 0 aliphatic rings.